The minimum atomic E-state index is -1.13. The molecule has 9 nitrogen and oxygen atoms in total. The number of thioether (sulfide) groups is 1. The Hall–Kier alpha value is -1.81. The summed E-state index contributed by atoms with van der Waals surface area (Å²) < 4.78 is 0. The molecule has 0 aliphatic rings. The summed E-state index contributed by atoms with van der Waals surface area (Å²) in [5.41, 5.74) is 5.96. The lowest BCUT2D eigenvalue weighted by atomic mass is 10.00. The molecule has 32 heavy (non-hydrogen) atoms. The van der Waals surface area contributed by atoms with E-state index >= 15 is 0 Å². The number of hydrogen-bond acceptors (Lipinski definition) is 6. The summed E-state index contributed by atoms with van der Waals surface area (Å²) in [5, 5.41) is 17.3. The summed E-state index contributed by atoms with van der Waals surface area (Å²) in [6, 6.07) is -3.54. The monoisotopic (exact) mass is 474 g/mol. The number of rotatable bonds is 15. The van der Waals surface area contributed by atoms with Crippen molar-refractivity contribution in [2.24, 2.45) is 23.5 Å². The number of amides is 3. The highest BCUT2D eigenvalue weighted by atomic mass is 32.2. The van der Waals surface area contributed by atoms with Crippen molar-refractivity contribution in [3.63, 3.8) is 0 Å². The van der Waals surface area contributed by atoms with Crippen molar-refractivity contribution in [3.8, 4) is 0 Å². The van der Waals surface area contributed by atoms with Crippen molar-refractivity contribution in [1.82, 2.24) is 16.0 Å². The van der Waals surface area contributed by atoms with E-state index in [0.29, 0.717) is 25.0 Å². The number of nitrogens with two attached hydrogens (primary N) is 1. The highest BCUT2D eigenvalue weighted by Crippen LogP contribution is 2.10. The van der Waals surface area contributed by atoms with Gasteiger partial charge in [0, 0.05) is 0 Å². The molecule has 0 aromatic rings. The number of carbonyl (C=O) groups is 4. The molecule has 4 unspecified atom stereocenters. The number of aliphatic carboxylic acids is 1. The van der Waals surface area contributed by atoms with Crippen molar-refractivity contribution in [2.45, 2.75) is 85.0 Å². The van der Waals surface area contributed by atoms with Crippen molar-refractivity contribution in [3.05, 3.63) is 0 Å². The zero-order chi connectivity index (χ0) is 25.0. The van der Waals surface area contributed by atoms with E-state index in [1.807, 2.05) is 34.0 Å². The Balaban J connectivity index is 5.44. The van der Waals surface area contributed by atoms with E-state index in [4.69, 9.17) is 5.73 Å². The van der Waals surface area contributed by atoms with Crippen LogP contribution in [-0.4, -0.2) is 65.0 Å². The molecule has 186 valence electrons. The van der Waals surface area contributed by atoms with Gasteiger partial charge in [0.2, 0.25) is 17.7 Å². The summed E-state index contributed by atoms with van der Waals surface area (Å²) in [7, 11) is 0. The van der Waals surface area contributed by atoms with Gasteiger partial charge >= 0.3 is 5.97 Å². The number of carboxylic acid groups (broad SMARTS) is 1. The van der Waals surface area contributed by atoms with Gasteiger partial charge in [-0.05, 0) is 49.0 Å². The van der Waals surface area contributed by atoms with Crippen LogP contribution in [-0.2, 0) is 19.2 Å². The predicted octanol–water partition coefficient (Wildman–Crippen LogP) is 1.35. The molecule has 0 bridgehead atoms. The molecule has 0 saturated carbocycles. The molecule has 0 radical (unpaired) electrons. The van der Waals surface area contributed by atoms with Gasteiger partial charge in [-0.15, -0.1) is 0 Å². The van der Waals surface area contributed by atoms with Gasteiger partial charge in [-0.25, -0.2) is 4.79 Å². The summed E-state index contributed by atoms with van der Waals surface area (Å²) >= 11 is 1.51. The quantitative estimate of drug-likeness (QED) is 0.240. The topological polar surface area (TPSA) is 151 Å². The average molecular weight is 475 g/mol. The molecule has 0 fully saturated rings. The van der Waals surface area contributed by atoms with Crippen LogP contribution in [0, 0.1) is 17.8 Å². The number of carbonyl (C=O) groups excluding carboxylic acids is 3. The summed E-state index contributed by atoms with van der Waals surface area (Å²) in [6.07, 6.45) is 3.08. The van der Waals surface area contributed by atoms with Crippen molar-refractivity contribution in [1.29, 1.82) is 0 Å². The van der Waals surface area contributed by atoms with Crippen LogP contribution in [0.3, 0.4) is 0 Å². The Morgan fingerprint density at radius 2 is 1.31 bits per heavy atom. The fourth-order valence-corrected chi connectivity index (χ4v) is 3.61. The standard InChI is InChI=1S/C22H42N4O5S/c1-12(2)10-15(23)19(27)25-17(11-13(3)4)21(29)24-16(8-9-32-7)20(28)26-18(14(5)6)22(30)31/h12-18H,8-11,23H2,1-7H3,(H,24,29)(H,25,27)(H,26,28)(H,30,31). The first-order valence-corrected chi connectivity index (χ1v) is 12.6. The van der Waals surface area contributed by atoms with Crippen LogP contribution in [0.15, 0.2) is 0 Å². The minimum absolute atomic E-state index is 0.114. The second kappa shape index (κ2) is 15.1. The third-order valence-electron chi connectivity index (χ3n) is 4.88. The Morgan fingerprint density at radius 1 is 0.812 bits per heavy atom. The summed E-state index contributed by atoms with van der Waals surface area (Å²) in [5.74, 6) is -1.95. The molecular formula is C22H42N4O5S. The van der Waals surface area contributed by atoms with E-state index in [1.54, 1.807) is 13.8 Å². The fourth-order valence-electron chi connectivity index (χ4n) is 3.14. The van der Waals surface area contributed by atoms with Crippen molar-refractivity contribution < 1.29 is 24.3 Å². The van der Waals surface area contributed by atoms with Crippen LogP contribution < -0.4 is 21.7 Å². The number of hydrogen-bond donors (Lipinski definition) is 5. The first-order chi connectivity index (χ1) is 14.8. The lowest BCUT2D eigenvalue weighted by molar-refractivity contribution is -0.143. The van der Waals surface area contributed by atoms with Crippen LogP contribution in [0.1, 0.15) is 60.8 Å². The maximum atomic E-state index is 13.0. The highest BCUT2D eigenvalue weighted by Gasteiger charge is 2.31. The molecule has 0 aliphatic carbocycles. The van der Waals surface area contributed by atoms with Gasteiger partial charge < -0.3 is 26.8 Å². The van der Waals surface area contributed by atoms with Gasteiger partial charge in [0.15, 0.2) is 0 Å². The number of carboxylic acids is 1. The van der Waals surface area contributed by atoms with E-state index in [-0.39, 0.29) is 17.8 Å². The highest BCUT2D eigenvalue weighted by molar-refractivity contribution is 7.98. The zero-order valence-corrected chi connectivity index (χ0v) is 21.3. The van der Waals surface area contributed by atoms with Gasteiger partial charge in [0.25, 0.3) is 0 Å². The first kappa shape index (κ1) is 30.2. The first-order valence-electron chi connectivity index (χ1n) is 11.2. The van der Waals surface area contributed by atoms with Gasteiger partial charge in [-0.3, -0.25) is 14.4 Å². The van der Waals surface area contributed by atoms with Crippen molar-refractivity contribution >= 4 is 35.5 Å². The molecule has 0 aromatic carbocycles. The lowest BCUT2D eigenvalue weighted by Crippen LogP contribution is -2.58. The largest absolute Gasteiger partial charge is 0.480 e. The molecule has 10 heteroatoms. The molecule has 0 saturated heterocycles. The van der Waals surface area contributed by atoms with Gasteiger partial charge in [0.05, 0.1) is 6.04 Å². The Kier molecular flexibility index (Phi) is 14.2. The average Bonchev–Trinajstić information content (AvgIpc) is 2.66. The maximum absolute atomic E-state index is 13.0. The van der Waals surface area contributed by atoms with E-state index in [9.17, 15) is 24.3 Å². The molecule has 0 aromatic heterocycles. The molecule has 0 rings (SSSR count). The summed E-state index contributed by atoms with van der Waals surface area (Å²) in [4.78, 5) is 49.8. The second-order valence-electron chi connectivity index (χ2n) is 9.34. The van der Waals surface area contributed by atoms with E-state index < -0.39 is 47.9 Å². The van der Waals surface area contributed by atoms with Gasteiger partial charge in [-0.1, -0.05) is 41.5 Å². The molecule has 3 amide bonds. The molecule has 4 atom stereocenters. The molecule has 0 heterocycles. The van der Waals surface area contributed by atoms with Crippen LogP contribution in [0.2, 0.25) is 0 Å². The lowest BCUT2D eigenvalue weighted by Gasteiger charge is -2.26. The van der Waals surface area contributed by atoms with Crippen molar-refractivity contribution in [2.75, 3.05) is 12.0 Å². The Morgan fingerprint density at radius 3 is 1.75 bits per heavy atom. The van der Waals surface area contributed by atoms with Gasteiger partial charge in [0.1, 0.15) is 18.1 Å². The third-order valence-corrected chi connectivity index (χ3v) is 5.52. The predicted molar refractivity (Wildman–Crippen MR) is 128 cm³/mol. The zero-order valence-electron chi connectivity index (χ0n) is 20.4. The maximum Gasteiger partial charge on any atom is 0.326 e. The van der Waals surface area contributed by atoms with E-state index in [2.05, 4.69) is 16.0 Å². The molecular weight excluding hydrogens is 432 g/mol. The van der Waals surface area contributed by atoms with Gasteiger partial charge in [-0.2, -0.15) is 11.8 Å². The third kappa shape index (κ3) is 11.7. The second-order valence-corrected chi connectivity index (χ2v) is 10.3. The van der Waals surface area contributed by atoms with Crippen LogP contribution in [0.4, 0.5) is 0 Å². The Labute approximate surface area is 196 Å². The number of nitrogens with one attached hydrogen (secondary N) is 3. The van der Waals surface area contributed by atoms with Crippen LogP contribution in [0.25, 0.3) is 0 Å². The fraction of sp³-hybridized carbons (Fsp3) is 0.818. The minimum Gasteiger partial charge on any atom is -0.480 e. The van der Waals surface area contributed by atoms with Crippen LogP contribution in [0.5, 0.6) is 0 Å². The SMILES string of the molecule is CSCCC(NC(=O)C(CC(C)C)NC(=O)C(N)CC(C)C)C(=O)NC(C(=O)O)C(C)C. The van der Waals surface area contributed by atoms with E-state index in [0.717, 1.165) is 0 Å². The molecule has 0 spiro atoms. The van der Waals surface area contributed by atoms with Crippen LogP contribution >= 0.6 is 11.8 Å². The normalized spacial score (nSPS) is 15.2. The smallest absolute Gasteiger partial charge is 0.326 e. The Bertz CT molecular complexity index is 627. The summed E-state index contributed by atoms with van der Waals surface area (Å²) in [6.45, 7) is 11.2. The van der Waals surface area contributed by atoms with E-state index in [1.165, 1.54) is 11.8 Å². The molecule has 0 aliphatic heterocycles. The molecule has 6 N–H and O–H groups in total.